The molecule has 0 aliphatic heterocycles. The molecule has 0 unspecified atom stereocenters. The summed E-state index contributed by atoms with van der Waals surface area (Å²) >= 11 is 1.42. The van der Waals surface area contributed by atoms with E-state index in [1.165, 1.54) is 16.0 Å². The Balaban J connectivity index is 1.54. The van der Waals surface area contributed by atoms with Gasteiger partial charge in [-0.25, -0.2) is 9.67 Å². The van der Waals surface area contributed by atoms with Crippen LogP contribution in [0, 0.1) is 13.8 Å². The maximum atomic E-state index is 12.9. The van der Waals surface area contributed by atoms with Crippen LogP contribution in [0.4, 0.5) is 5.69 Å². The number of aromatic nitrogens is 3. The van der Waals surface area contributed by atoms with E-state index in [9.17, 15) is 9.59 Å². The summed E-state index contributed by atoms with van der Waals surface area (Å²) in [6.45, 7) is 3.67. The van der Waals surface area contributed by atoms with Crippen molar-refractivity contribution < 1.29 is 9.21 Å². The van der Waals surface area contributed by atoms with E-state index >= 15 is 0 Å². The van der Waals surface area contributed by atoms with Gasteiger partial charge >= 0.3 is 0 Å². The highest BCUT2D eigenvalue weighted by Gasteiger charge is 2.19. The van der Waals surface area contributed by atoms with Gasteiger partial charge in [-0.1, -0.05) is 18.2 Å². The van der Waals surface area contributed by atoms with Crippen molar-refractivity contribution in [3.63, 3.8) is 0 Å². The quantitative estimate of drug-likeness (QED) is 0.546. The first-order valence-corrected chi connectivity index (χ1v) is 9.97. The number of hydrogen-bond donors (Lipinski definition) is 1. The number of aryl methyl sites for hydroxylation is 1. The van der Waals surface area contributed by atoms with E-state index in [1.807, 2.05) is 54.8 Å². The third-order valence-corrected chi connectivity index (χ3v) is 5.57. The van der Waals surface area contributed by atoms with E-state index < -0.39 is 0 Å². The normalized spacial score (nSPS) is 11.0. The van der Waals surface area contributed by atoms with E-state index in [0.717, 1.165) is 16.5 Å². The Morgan fingerprint density at radius 1 is 1.17 bits per heavy atom. The van der Waals surface area contributed by atoms with Gasteiger partial charge in [0.25, 0.3) is 5.56 Å². The lowest BCUT2D eigenvalue weighted by atomic mass is 10.3. The number of nitrogens with zero attached hydrogens (tertiary/aromatic N) is 3. The number of amides is 1. The maximum absolute atomic E-state index is 12.9. The first-order valence-electron chi connectivity index (χ1n) is 9.09. The van der Waals surface area contributed by atoms with Gasteiger partial charge in [-0.05, 0) is 38.1 Å². The second-order valence-corrected chi connectivity index (χ2v) is 7.57. The van der Waals surface area contributed by atoms with Crippen LogP contribution in [0.5, 0.6) is 0 Å². The van der Waals surface area contributed by atoms with Crippen LogP contribution in [-0.4, -0.2) is 20.3 Å². The van der Waals surface area contributed by atoms with Gasteiger partial charge in [0.05, 0.1) is 23.5 Å². The Hall–Kier alpha value is -3.39. The van der Waals surface area contributed by atoms with Crippen molar-refractivity contribution in [1.82, 2.24) is 14.3 Å². The highest BCUT2D eigenvalue weighted by Crippen LogP contribution is 2.26. The first kappa shape index (κ1) is 18.9. The molecule has 0 aliphatic rings. The van der Waals surface area contributed by atoms with Gasteiger partial charge in [0.15, 0.2) is 10.8 Å². The standard InChI is InChI=1S/C21H20N4O3S/c1-13-9-10-17(28-13)20-22-15(12-29-20)11-18(26)23-19-14(2)24(3)25(21(19)27)16-7-5-4-6-8-16/h4-10,12H,11H2,1-3H3,(H,23,26). The number of thiazole rings is 1. The minimum Gasteiger partial charge on any atom is -0.459 e. The number of furan rings is 1. The lowest BCUT2D eigenvalue weighted by Crippen LogP contribution is -2.23. The molecule has 4 aromatic rings. The second-order valence-electron chi connectivity index (χ2n) is 6.72. The molecular formula is C21H20N4O3S. The van der Waals surface area contributed by atoms with Crippen LogP contribution in [0.3, 0.4) is 0 Å². The Morgan fingerprint density at radius 2 is 1.93 bits per heavy atom. The predicted octanol–water partition coefficient (Wildman–Crippen LogP) is 3.69. The van der Waals surface area contributed by atoms with Crippen LogP contribution in [0.1, 0.15) is 17.1 Å². The van der Waals surface area contributed by atoms with Crippen molar-refractivity contribution in [2.45, 2.75) is 20.3 Å². The largest absolute Gasteiger partial charge is 0.459 e. The maximum Gasteiger partial charge on any atom is 0.295 e. The third kappa shape index (κ3) is 3.66. The molecule has 1 amide bonds. The summed E-state index contributed by atoms with van der Waals surface area (Å²) in [5.41, 5.74) is 2.06. The van der Waals surface area contributed by atoms with Crippen LogP contribution in [0.15, 0.2) is 57.1 Å². The van der Waals surface area contributed by atoms with Gasteiger partial charge in [0.1, 0.15) is 11.4 Å². The lowest BCUT2D eigenvalue weighted by Gasteiger charge is -2.07. The summed E-state index contributed by atoms with van der Waals surface area (Å²) in [6, 6.07) is 13.0. The molecule has 8 heteroatoms. The van der Waals surface area contributed by atoms with E-state index in [2.05, 4.69) is 10.3 Å². The summed E-state index contributed by atoms with van der Waals surface area (Å²) < 4.78 is 8.84. The fourth-order valence-electron chi connectivity index (χ4n) is 3.11. The number of rotatable bonds is 5. The number of carbonyl (C=O) groups excluding carboxylic acids is 1. The molecule has 0 bridgehead atoms. The SMILES string of the molecule is Cc1ccc(-c2nc(CC(=O)Nc3c(C)n(C)n(-c4ccccc4)c3=O)cs2)o1. The molecule has 0 radical (unpaired) electrons. The summed E-state index contributed by atoms with van der Waals surface area (Å²) in [5, 5.41) is 5.31. The van der Waals surface area contributed by atoms with Crippen molar-refractivity contribution >= 4 is 22.9 Å². The van der Waals surface area contributed by atoms with E-state index in [1.54, 1.807) is 18.7 Å². The number of benzene rings is 1. The van der Waals surface area contributed by atoms with E-state index in [0.29, 0.717) is 17.1 Å². The Labute approximate surface area is 171 Å². The molecule has 0 saturated heterocycles. The van der Waals surface area contributed by atoms with Crippen molar-refractivity contribution in [3.8, 4) is 16.5 Å². The van der Waals surface area contributed by atoms with Crippen LogP contribution < -0.4 is 10.9 Å². The number of anilines is 1. The summed E-state index contributed by atoms with van der Waals surface area (Å²) in [5.74, 6) is 1.20. The highest BCUT2D eigenvalue weighted by molar-refractivity contribution is 7.13. The Kier molecular flexibility index (Phi) is 4.94. The zero-order valence-corrected chi connectivity index (χ0v) is 17.1. The van der Waals surface area contributed by atoms with Crippen molar-refractivity contribution in [1.29, 1.82) is 0 Å². The van der Waals surface area contributed by atoms with Crippen LogP contribution >= 0.6 is 11.3 Å². The van der Waals surface area contributed by atoms with Gasteiger partial charge < -0.3 is 9.73 Å². The lowest BCUT2D eigenvalue weighted by molar-refractivity contribution is -0.115. The van der Waals surface area contributed by atoms with Crippen LogP contribution in [0.2, 0.25) is 0 Å². The van der Waals surface area contributed by atoms with E-state index in [-0.39, 0.29) is 23.6 Å². The smallest absolute Gasteiger partial charge is 0.295 e. The van der Waals surface area contributed by atoms with Crippen LogP contribution in [-0.2, 0) is 18.3 Å². The van der Waals surface area contributed by atoms with Gasteiger partial charge in [-0.3, -0.25) is 14.3 Å². The van der Waals surface area contributed by atoms with E-state index in [4.69, 9.17) is 4.42 Å². The fraction of sp³-hybridized carbons (Fsp3) is 0.190. The van der Waals surface area contributed by atoms with Crippen molar-refractivity contribution in [3.05, 3.63) is 75.3 Å². The molecule has 0 fully saturated rings. The number of para-hydroxylation sites is 1. The molecule has 3 heterocycles. The Morgan fingerprint density at radius 3 is 2.62 bits per heavy atom. The average molecular weight is 408 g/mol. The predicted molar refractivity (Wildman–Crippen MR) is 113 cm³/mol. The molecule has 3 aromatic heterocycles. The molecule has 1 N–H and O–H groups in total. The molecule has 29 heavy (non-hydrogen) atoms. The molecule has 0 saturated carbocycles. The zero-order valence-electron chi connectivity index (χ0n) is 16.3. The van der Waals surface area contributed by atoms with Gasteiger partial charge in [-0.2, -0.15) is 0 Å². The summed E-state index contributed by atoms with van der Waals surface area (Å²) in [6.07, 6.45) is 0.0787. The Bertz CT molecular complexity index is 1230. The van der Waals surface area contributed by atoms with Gasteiger partial charge in [0.2, 0.25) is 5.91 Å². The molecular weight excluding hydrogens is 388 g/mol. The van der Waals surface area contributed by atoms with Gasteiger partial charge in [-0.15, -0.1) is 11.3 Å². The topological polar surface area (TPSA) is 82.1 Å². The average Bonchev–Trinajstić information content (AvgIpc) is 3.39. The molecule has 1 aromatic carbocycles. The number of carbonyl (C=O) groups is 1. The minimum absolute atomic E-state index is 0.0787. The summed E-state index contributed by atoms with van der Waals surface area (Å²) in [7, 11) is 1.79. The number of nitrogens with one attached hydrogen (secondary N) is 1. The molecule has 0 spiro atoms. The summed E-state index contributed by atoms with van der Waals surface area (Å²) in [4.78, 5) is 29.9. The van der Waals surface area contributed by atoms with Crippen molar-refractivity contribution in [2.75, 3.05) is 5.32 Å². The monoisotopic (exact) mass is 408 g/mol. The fourth-order valence-corrected chi connectivity index (χ4v) is 3.89. The minimum atomic E-state index is -0.288. The molecule has 0 atom stereocenters. The third-order valence-electron chi connectivity index (χ3n) is 4.66. The van der Waals surface area contributed by atoms with Crippen LogP contribution in [0.25, 0.3) is 16.5 Å². The molecule has 148 valence electrons. The number of hydrogen-bond acceptors (Lipinski definition) is 5. The van der Waals surface area contributed by atoms with Crippen molar-refractivity contribution in [2.24, 2.45) is 7.05 Å². The zero-order chi connectivity index (χ0) is 20.5. The molecule has 4 rings (SSSR count). The highest BCUT2D eigenvalue weighted by atomic mass is 32.1. The van der Waals surface area contributed by atoms with Gasteiger partial charge in [0, 0.05) is 12.4 Å². The molecule has 7 nitrogen and oxygen atoms in total. The second kappa shape index (κ2) is 7.56. The molecule has 0 aliphatic carbocycles. The first-order chi connectivity index (χ1) is 13.9.